The Bertz CT molecular complexity index is 380. The molecular formula is C9H10N2O4. The van der Waals surface area contributed by atoms with E-state index in [2.05, 4.69) is 13.2 Å². The molecule has 0 saturated carbocycles. The lowest BCUT2D eigenvalue weighted by atomic mass is 10.2. The third-order valence-electron chi connectivity index (χ3n) is 1.57. The van der Waals surface area contributed by atoms with E-state index in [-0.39, 0.29) is 17.0 Å². The van der Waals surface area contributed by atoms with Crippen LogP contribution in [0.5, 0.6) is 0 Å². The van der Waals surface area contributed by atoms with E-state index in [1.54, 1.807) is 0 Å². The minimum Gasteiger partial charge on any atom is -0.259 e. The molecule has 0 atom stereocenters. The molecule has 0 heterocycles. The van der Waals surface area contributed by atoms with Crippen LogP contribution >= 0.6 is 0 Å². The molecule has 0 aliphatic heterocycles. The minimum absolute atomic E-state index is 0.120. The molecule has 0 aromatic rings. The molecule has 0 aliphatic carbocycles. The quantitative estimate of drug-likeness (QED) is 0.395. The third kappa shape index (κ3) is 3.99. The predicted octanol–water partition coefficient (Wildman–Crippen LogP) is 2.07. The molecule has 0 amide bonds. The van der Waals surface area contributed by atoms with Crippen molar-refractivity contribution in [1.82, 2.24) is 0 Å². The van der Waals surface area contributed by atoms with E-state index < -0.39 is 9.85 Å². The van der Waals surface area contributed by atoms with Crippen LogP contribution in [0.25, 0.3) is 0 Å². The Hall–Kier alpha value is -2.24. The van der Waals surface area contributed by atoms with Gasteiger partial charge in [0.15, 0.2) is 0 Å². The second kappa shape index (κ2) is 5.48. The van der Waals surface area contributed by atoms with E-state index in [9.17, 15) is 20.2 Å². The first-order valence-electron chi connectivity index (χ1n) is 3.89. The normalized spacial score (nSPS) is 12.1. The van der Waals surface area contributed by atoms with Gasteiger partial charge in [-0.25, -0.2) is 0 Å². The summed E-state index contributed by atoms with van der Waals surface area (Å²) in [6, 6.07) is 0. The highest BCUT2D eigenvalue weighted by molar-refractivity contribution is 5.35. The summed E-state index contributed by atoms with van der Waals surface area (Å²) in [6.45, 7) is 7.85. The van der Waals surface area contributed by atoms with Crippen LogP contribution in [0.2, 0.25) is 0 Å². The van der Waals surface area contributed by atoms with Crippen LogP contribution in [-0.4, -0.2) is 9.85 Å². The lowest BCUT2D eigenvalue weighted by molar-refractivity contribution is -0.424. The SMILES string of the molecule is C=C/C(=C/C=C(\C)[N+](=O)[O-])C(=C)[N+](=O)[O-]. The fourth-order valence-electron chi connectivity index (χ4n) is 0.659. The Morgan fingerprint density at radius 2 is 1.73 bits per heavy atom. The van der Waals surface area contributed by atoms with Crippen molar-refractivity contribution in [1.29, 1.82) is 0 Å². The molecule has 0 saturated heterocycles. The first kappa shape index (κ1) is 12.8. The lowest BCUT2D eigenvalue weighted by Gasteiger charge is -1.94. The van der Waals surface area contributed by atoms with Crippen molar-refractivity contribution in [2.45, 2.75) is 6.92 Å². The van der Waals surface area contributed by atoms with E-state index >= 15 is 0 Å². The van der Waals surface area contributed by atoms with Crippen LogP contribution in [-0.2, 0) is 0 Å². The molecule has 0 rings (SSSR count). The first-order chi connectivity index (χ1) is 6.90. The van der Waals surface area contributed by atoms with Crippen LogP contribution in [0.1, 0.15) is 6.92 Å². The highest BCUT2D eigenvalue weighted by Gasteiger charge is 2.10. The summed E-state index contributed by atoms with van der Waals surface area (Å²) in [6.07, 6.45) is 3.61. The van der Waals surface area contributed by atoms with Crippen LogP contribution in [0.3, 0.4) is 0 Å². The van der Waals surface area contributed by atoms with Gasteiger partial charge < -0.3 is 0 Å². The van der Waals surface area contributed by atoms with Crippen molar-refractivity contribution in [3.63, 3.8) is 0 Å². The van der Waals surface area contributed by atoms with Crippen LogP contribution in [0.4, 0.5) is 0 Å². The fourth-order valence-corrected chi connectivity index (χ4v) is 0.659. The zero-order valence-corrected chi connectivity index (χ0v) is 8.17. The number of rotatable bonds is 5. The molecule has 6 nitrogen and oxygen atoms in total. The molecule has 0 unspecified atom stereocenters. The van der Waals surface area contributed by atoms with Crippen molar-refractivity contribution in [3.05, 3.63) is 68.6 Å². The smallest absolute Gasteiger partial charge is 0.259 e. The number of nitro groups is 2. The summed E-state index contributed by atoms with van der Waals surface area (Å²) in [5, 5.41) is 20.6. The molecule has 0 spiro atoms. The average molecular weight is 210 g/mol. The van der Waals surface area contributed by atoms with Crippen molar-refractivity contribution in [2.24, 2.45) is 0 Å². The summed E-state index contributed by atoms with van der Waals surface area (Å²) in [7, 11) is 0. The predicted molar refractivity (Wildman–Crippen MR) is 55.2 cm³/mol. The number of nitrogens with zero attached hydrogens (tertiary/aromatic N) is 2. The molecule has 0 N–H and O–H groups in total. The van der Waals surface area contributed by atoms with Gasteiger partial charge in [-0.05, 0) is 12.7 Å². The Morgan fingerprint density at radius 3 is 2.07 bits per heavy atom. The largest absolute Gasteiger partial charge is 0.269 e. The Balaban J connectivity index is 5.00. The summed E-state index contributed by atoms with van der Waals surface area (Å²) in [5.74, 6) is 0. The van der Waals surface area contributed by atoms with E-state index in [0.29, 0.717) is 0 Å². The fraction of sp³-hybridized carbons (Fsp3) is 0.111. The molecule has 0 aromatic heterocycles. The van der Waals surface area contributed by atoms with Gasteiger partial charge in [0.1, 0.15) is 0 Å². The van der Waals surface area contributed by atoms with Crippen molar-refractivity contribution < 1.29 is 9.85 Å². The van der Waals surface area contributed by atoms with Crippen molar-refractivity contribution >= 4 is 0 Å². The zero-order chi connectivity index (χ0) is 12.0. The Morgan fingerprint density at radius 1 is 1.20 bits per heavy atom. The van der Waals surface area contributed by atoms with Gasteiger partial charge in [-0.15, -0.1) is 0 Å². The van der Waals surface area contributed by atoms with Crippen molar-refractivity contribution in [3.8, 4) is 0 Å². The molecule has 0 bridgehead atoms. The van der Waals surface area contributed by atoms with Crippen molar-refractivity contribution in [2.75, 3.05) is 0 Å². The minimum atomic E-state index is -0.678. The number of hydrogen-bond acceptors (Lipinski definition) is 4. The van der Waals surface area contributed by atoms with Gasteiger partial charge in [0.05, 0.1) is 15.4 Å². The molecule has 0 fully saturated rings. The molecule has 80 valence electrons. The lowest BCUT2D eigenvalue weighted by Crippen LogP contribution is -1.99. The number of hydrogen-bond donors (Lipinski definition) is 0. The summed E-state index contributed by atoms with van der Waals surface area (Å²) in [5.41, 5.74) is -0.330. The maximum atomic E-state index is 10.3. The van der Waals surface area contributed by atoms with Crippen LogP contribution in [0.15, 0.2) is 48.4 Å². The van der Waals surface area contributed by atoms with Gasteiger partial charge in [0.2, 0.25) is 5.70 Å². The van der Waals surface area contributed by atoms with Gasteiger partial charge in [0.25, 0.3) is 5.70 Å². The summed E-state index contributed by atoms with van der Waals surface area (Å²) < 4.78 is 0. The first-order valence-corrected chi connectivity index (χ1v) is 3.89. The maximum absolute atomic E-state index is 10.3. The second-order valence-electron chi connectivity index (χ2n) is 2.60. The van der Waals surface area contributed by atoms with E-state index in [4.69, 9.17) is 0 Å². The standard InChI is InChI=1S/C9H10N2O4/c1-4-9(8(3)11(14)15)6-5-7(2)10(12)13/h4-6H,1,3H2,2H3/b7-5+,9-6-. The number of allylic oxidation sites excluding steroid dienone is 4. The second-order valence-corrected chi connectivity index (χ2v) is 2.60. The van der Waals surface area contributed by atoms with Gasteiger partial charge in [0, 0.05) is 13.0 Å². The average Bonchev–Trinajstić information content (AvgIpc) is 2.17. The molecular weight excluding hydrogens is 200 g/mol. The molecule has 0 aliphatic rings. The van der Waals surface area contributed by atoms with E-state index in [1.807, 2.05) is 0 Å². The van der Waals surface area contributed by atoms with Gasteiger partial charge in [-0.3, -0.25) is 20.2 Å². The van der Waals surface area contributed by atoms with E-state index in [1.165, 1.54) is 19.1 Å². The topological polar surface area (TPSA) is 86.3 Å². The van der Waals surface area contributed by atoms with Gasteiger partial charge in [-0.2, -0.15) is 0 Å². The summed E-state index contributed by atoms with van der Waals surface area (Å²) >= 11 is 0. The molecule has 6 heteroatoms. The maximum Gasteiger partial charge on any atom is 0.269 e. The van der Waals surface area contributed by atoms with E-state index in [0.717, 1.165) is 6.08 Å². The highest BCUT2D eigenvalue weighted by atomic mass is 16.6. The molecule has 0 radical (unpaired) electrons. The monoisotopic (exact) mass is 210 g/mol. The zero-order valence-electron chi connectivity index (χ0n) is 8.17. The Kier molecular flexibility index (Phi) is 4.66. The Labute approximate surface area is 86.2 Å². The van der Waals surface area contributed by atoms with Gasteiger partial charge >= 0.3 is 0 Å². The van der Waals surface area contributed by atoms with Gasteiger partial charge in [-0.1, -0.05) is 12.7 Å². The molecule has 15 heavy (non-hydrogen) atoms. The third-order valence-corrected chi connectivity index (χ3v) is 1.57. The summed E-state index contributed by atoms with van der Waals surface area (Å²) in [4.78, 5) is 19.3. The molecule has 0 aromatic carbocycles. The van der Waals surface area contributed by atoms with Crippen LogP contribution < -0.4 is 0 Å². The van der Waals surface area contributed by atoms with Crippen LogP contribution in [0, 0.1) is 20.2 Å². The highest BCUT2D eigenvalue weighted by Crippen LogP contribution is 2.10.